The Labute approximate surface area is 169 Å². The first kappa shape index (κ1) is 18.1. The van der Waals surface area contributed by atoms with Crippen LogP contribution >= 0.6 is 0 Å². The maximum Gasteiger partial charge on any atom is 0.270 e. The first-order chi connectivity index (χ1) is 14.1. The summed E-state index contributed by atoms with van der Waals surface area (Å²) < 4.78 is 7.51. The third-order valence-corrected chi connectivity index (χ3v) is 6.23. The average Bonchev–Trinajstić information content (AvgIpc) is 3.24. The summed E-state index contributed by atoms with van der Waals surface area (Å²) in [7, 11) is 1.91. The number of piperidine rings is 1. The minimum atomic E-state index is -0.241. The molecule has 7 nitrogen and oxygen atoms in total. The van der Waals surface area contributed by atoms with Crippen LogP contribution in [-0.4, -0.2) is 43.6 Å². The second-order valence-electron chi connectivity index (χ2n) is 8.42. The van der Waals surface area contributed by atoms with Gasteiger partial charge in [0.2, 0.25) is 0 Å². The van der Waals surface area contributed by atoms with E-state index < -0.39 is 0 Å². The fourth-order valence-corrected chi connectivity index (χ4v) is 4.52. The molecule has 29 heavy (non-hydrogen) atoms. The van der Waals surface area contributed by atoms with E-state index in [0.29, 0.717) is 18.4 Å². The Hall–Kier alpha value is -2.96. The standard InChI is InChI=1S/C22H25N5O2/c1-26-12-2-4-18(26)20(28)27-13-3-9-22(15-27,14-16-5-6-16)21-24-19(29-25-21)17-7-10-23-11-8-17/h2,4,7-8,10-12,16H,3,5-6,9,13-15H2,1H3. The molecule has 1 saturated carbocycles. The molecule has 1 aliphatic heterocycles. The highest BCUT2D eigenvalue weighted by molar-refractivity contribution is 5.92. The Bertz CT molecular complexity index is 1010. The number of hydrogen-bond acceptors (Lipinski definition) is 5. The van der Waals surface area contributed by atoms with Crippen molar-refractivity contribution in [2.75, 3.05) is 13.1 Å². The molecule has 0 aromatic carbocycles. The minimum Gasteiger partial charge on any atom is -0.347 e. The van der Waals surface area contributed by atoms with Crippen molar-refractivity contribution in [3.05, 3.63) is 54.4 Å². The lowest BCUT2D eigenvalue weighted by Crippen LogP contribution is -2.49. The van der Waals surface area contributed by atoms with Crippen LogP contribution < -0.4 is 0 Å². The largest absolute Gasteiger partial charge is 0.347 e. The molecular weight excluding hydrogens is 366 g/mol. The summed E-state index contributed by atoms with van der Waals surface area (Å²) in [6, 6.07) is 7.54. The molecular formula is C22H25N5O2. The topological polar surface area (TPSA) is 77.0 Å². The number of pyridine rings is 1. The number of aromatic nitrogens is 4. The van der Waals surface area contributed by atoms with Gasteiger partial charge in [-0.2, -0.15) is 4.98 Å². The highest BCUT2D eigenvalue weighted by atomic mass is 16.5. The van der Waals surface area contributed by atoms with Crippen LogP contribution in [0.15, 0.2) is 47.4 Å². The molecule has 4 heterocycles. The molecule has 1 unspecified atom stereocenters. The quantitative estimate of drug-likeness (QED) is 0.666. The summed E-state index contributed by atoms with van der Waals surface area (Å²) in [4.78, 5) is 24.0. The van der Waals surface area contributed by atoms with Gasteiger partial charge in [-0.3, -0.25) is 9.78 Å². The van der Waals surface area contributed by atoms with Gasteiger partial charge in [0.15, 0.2) is 5.82 Å². The monoisotopic (exact) mass is 391 g/mol. The highest BCUT2D eigenvalue weighted by Gasteiger charge is 2.46. The first-order valence-corrected chi connectivity index (χ1v) is 10.3. The molecule has 0 radical (unpaired) electrons. The molecule has 7 heteroatoms. The van der Waals surface area contributed by atoms with Crippen LogP contribution in [-0.2, 0) is 12.5 Å². The molecule has 1 amide bonds. The van der Waals surface area contributed by atoms with Crippen molar-refractivity contribution in [2.24, 2.45) is 13.0 Å². The van der Waals surface area contributed by atoms with Gasteiger partial charge < -0.3 is 14.0 Å². The number of carbonyl (C=O) groups excluding carboxylic acids is 1. The average molecular weight is 391 g/mol. The molecule has 0 bridgehead atoms. The summed E-state index contributed by atoms with van der Waals surface area (Å²) in [6.45, 7) is 1.41. The number of hydrogen-bond donors (Lipinski definition) is 0. The van der Waals surface area contributed by atoms with E-state index in [9.17, 15) is 4.79 Å². The van der Waals surface area contributed by atoms with E-state index in [1.165, 1.54) is 12.8 Å². The van der Waals surface area contributed by atoms with Gasteiger partial charge in [0.05, 0.1) is 5.41 Å². The van der Waals surface area contributed by atoms with Crippen molar-refractivity contribution >= 4 is 5.91 Å². The van der Waals surface area contributed by atoms with Gasteiger partial charge >= 0.3 is 0 Å². The zero-order valence-corrected chi connectivity index (χ0v) is 16.6. The second-order valence-corrected chi connectivity index (χ2v) is 8.42. The van der Waals surface area contributed by atoms with E-state index in [-0.39, 0.29) is 11.3 Å². The normalized spacial score (nSPS) is 22.0. The molecule has 150 valence electrons. The molecule has 1 saturated heterocycles. The van der Waals surface area contributed by atoms with E-state index >= 15 is 0 Å². The van der Waals surface area contributed by atoms with Gasteiger partial charge in [0, 0.05) is 44.3 Å². The Morgan fingerprint density at radius 3 is 2.83 bits per heavy atom. The zero-order valence-electron chi connectivity index (χ0n) is 16.6. The molecule has 0 spiro atoms. The van der Waals surface area contributed by atoms with Crippen molar-refractivity contribution in [3.63, 3.8) is 0 Å². The smallest absolute Gasteiger partial charge is 0.270 e. The SMILES string of the molecule is Cn1cccc1C(=O)N1CCCC(CC2CC2)(c2noc(-c3ccncc3)n2)C1. The molecule has 2 fully saturated rings. The third kappa shape index (κ3) is 3.45. The van der Waals surface area contributed by atoms with Gasteiger partial charge in [-0.15, -0.1) is 0 Å². The van der Waals surface area contributed by atoms with Gasteiger partial charge in [-0.1, -0.05) is 18.0 Å². The highest BCUT2D eigenvalue weighted by Crippen LogP contribution is 2.46. The van der Waals surface area contributed by atoms with Crippen molar-refractivity contribution in [1.82, 2.24) is 24.6 Å². The molecule has 1 atom stereocenters. The Morgan fingerprint density at radius 2 is 2.10 bits per heavy atom. The van der Waals surface area contributed by atoms with Crippen LogP contribution in [0.5, 0.6) is 0 Å². The van der Waals surface area contributed by atoms with E-state index in [1.54, 1.807) is 12.4 Å². The van der Waals surface area contributed by atoms with Crippen LogP contribution in [0.3, 0.4) is 0 Å². The van der Waals surface area contributed by atoms with Crippen LogP contribution in [0.4, 0.5) is 0 Å². The van der Waals surface area contributed by atoms with Gasteiger partial charge in [0.25, 0.3) is 11.8 Å². The lowest BCUT2D eigenvalue weighted by Gasteiger charge is -2.41. The summed E-state index contributed by atoms with van der Waals surface area (Å²) in [5, 5.41) is 4.39. The fraction of sp³-hybridized carbons (Fsp3) is 0.455. The number of aryl methyl sites for hydroxylation is 1. The van der Waals surface area contributed by atoms with Crippen LogP contribution in [0.1, 0.15) is 48.4 Å². The molecule has 3 aromatic rings. The van der Waals surface area contributed by atoms with Crippen molar-refractivity contribution in [3.8, 4) is 11.5 Å². The van der Waals surface area contributed by atoms with Crippen LogP contribution in [0, 0.1) is 5.92 Å². The van der Waals surface area contributed by atoms with Crippen LogP contribution in [0.2, 0.25) is 0 Å². The first-order valence-electron chi connectivity index (χ1n) is 10.3. The van der Waals surface area contributed by atoms with Gasteiger partial charge in [-0.05, 0) is 49.4 Å². The summed E-state index contributed by atoms with van der Waals surface area (Å²) in [5.41, 5.74) is 1.35. The number of likely N-dealkylation sites (tertiary alicyclic amines) is 1. The number of nitrogens with zero attached hydrogens (tertiary/aromatic N) is 5. The Morgan fingerprint density at radius 1 is 1.28 bits per heavy atom. The molecule has 5 rings (SSSR count). The van der Waals surface area contributed by atoms with E-state index in [2.05, 4.69) is 10.1 Å². The van der Waals surface area contributed by atoms with Crippen molar-refractivity contribution in [1.29, 1.82) is 0 Å². The van der Waals surface area contributed by atoms with E-state index in [0.717, 1.165) is 42.9 Å². The molecule has 2 aliphatic rings. The second kappa shape index (κ2) is 7.13. The fourth-order valence-electron chi connectivity index (χ4n) is 4.52. The molecule has 0 N–H and O–H groups in total. The zero-order chi connectivity index (χ0) is 19.8. The van der Waals surface area contributed by atoms with Crippen LogP contribution in [0.25, 0.3) is 11.5 Å². The maximum absolute atomic E-state index is 13.2. The number of rotatable bonds is 5. The maximum atomic E-state index is 13.2. The summed E-state index contributed by atoms with van der Waals surface area (Å²) in [5.74, 6) is 2.03. The van der Waals surface area contributed by atoms with Gasteiger partial charge in [-0.25, -0.2) is 0 Å². The number of carbonyl (C=O) groups is 1. The summed E-state index contributed by atoms with van der Waals surface area (Å²) in [6.07, 6.45) is 10.8. The predicted octanol–water partition coefficient (Wildman–Crippen LogP) is 3.44. The van der Waals surface area contributed by atoms with Gasteiger partial charge in [0.1, 0.15) is 5.69 Å². The molecule has 1 aliphatic carbocycles. The third-order valence-electron chi connectivity index (χ3n) is 6.23. The van der Waals surface area contributed by atoms with Crippen molar-refractivity contribution in [2.45, 2.75) is 37.5 Å². The minimum absolute atomic E-state index is 0.0789. The Balaban J connectivity index is 1.46. The van der Waals surface area contributed by atoms with E-state index in [4.69, 9.17) is 9.51 Å². The summed E-state index contributed by atoms with van der Waals surface area (Å²) >= 11 is 0. The lowest BCUT2D eigenvalue weighted by molar-refractivity contribution is 0.0598. The Kier molecular flexibility index (Phi) is 4.45. The predicted molar refractivity (Wildman–Crippen MR) is 107 cm³/mol. The van der Waals surface area contributed by atoms with E-state index in [1.807, 2.05) is 47.0 Å². The number of amides is 1. The molecule has 3 aromatic heterocycles. The van der Waals surface area contributed by atoms with Crippen molar-refractivity contribution < 1.29 is 9.32 Å². The lowest BCUT2D eigenvalue weighted by atomic mass is 9.74.